The van der Waals surface area contributed by atoms with Gasteiger partial charge in [-0.3, -0.25) is 0 Å². The number of allylic oxidation sites excluding steroid dienone is 1. The molecule has 8 aliphatic rings. The minimum Gasteiger partial charge on any atom is -0.394 e. The van der Waals surface area contributed by atoms with Crippen molar-refractivity contribution in [2.75, 3.05) is 19.8 Å². The molecular formula is C45H74O19. The maximum absolute atomic E-state index is 13.0. The van der Waals surface area contributed by atoms with Gasteiger partial charge in [-0.2, -0.15) is 0 Å². The van der Waals surface area contributed by atoms with Crippen LogP contribution in [0.1, 0.15) is 92.4 Å². The molecule has 0 spiro atoms. The highest BCUT2D eigenvalue weighted by molar-refractivity contribution is 5.29. The van der Waals surface area contributed by atoms with Crippen LogP contribution in [0, 0.1) is 40.4 Å². The lowest BCUT2D eigenvalue weighted by Crippen LogP contribution is -2.64. The van der Waals surface area contributed by atoms with E-state index < -0.39 is 122 Å². The van der Waals surface area contributed by atoms with Gasteiger partial charge in [-0.1, -0.05) is 39.3 Å². The van der Waals surface area contributed by atoms with Gasteiger partial charge < -0.3 is 94.4 Å². The van der Waals surface area contributed by atoms with Crippen LogP contribution in [0.2, 0.25) is 0 Å². The first-order valence-electron chi connectivity index (χ1n) is 23.5. The van der Waals surface area contributed by atoms with Crippen molar-refractivity contribution in [2.24, 2.45) is 40.4 Å². The van der Waals surface area contributed by atoms with Gasteiger partial charge in [0.2, 0.25) is 0 Å². The van der Waals surface area contributed by atoms with Gasteiger partial charge in [0.1, 0.15) is 67.1 Å². The van der Waals surface area contributed by atoms with E-state index in [4.69, 9.17) is 33.2 Å². The fraction of sp³-hybridized carbons (Fsp3) is 0.956. The molecule has 368 valence electrons. The predicted molar refractivity (Wildman–Crippen MR) is 219 cm³/mol. The molecule has 64 heavy (non-hydrogen) atoms. The topological polar surface area (TPSA) is 307 Å². The lowest BCUT2D eigenvalue weighted by Gasteiger charge is -2.61. The van der Waals surface area contributed by atoms with Crippen LogP contribution >= 0.6 is 0 Å². The molecule has 0 amide bonds. The predicted octanol–water partition coefficient (Wildman–Crippen LogP) is -1.72. The van der Waals surface area contributed by atoms with E-state index in [1.165, 1.54) is 12.5 Å². The summed E-state index contributed by atoms with van der Waals surface area (Å²) >= 11 is 0. The van der Waals surface area contributed by atoms with Crippen molar-refractivity contribution in [1.29, 1.82) is 0 Å². The van der Waals surface area contributed by atoms with E-state index in [0.29, 0.717) is 38.5 Å². The molecule has 19 nitrogen and oxygen atoms in total. The van der Waals surface area contributed by atoms with Crippen LogP contribution in [-0.4, -0.2) is 197 Å². The average Bonchev–Trinajstić information content (AvgIpc) is 3.65. The molecule has 0 aromatic heterocycles. The summed E-state index contributed by atoms with van der Waals surface area (Å²) in [6.45, 7) is 8.82. The highest BCUT2D eigenvalue weighted by Gasteiger charge is 2.74. The summed E-state index contributed by atoms with van der Waals surface area (Å²) in [5, 5.41) is 128. The quantitative estimate of drug-likeness (QED) is 0.0970. The molecule has 4 saturated heterocycles. The van der Waals surface area contributed by atoms with Crippen LogP contribution < -0.4 is 0 Å². The van der Waals surface area contributed by atoms with Crippen molar-refractivity contribution < 1.29 is 94.4 Å². The van der Waals surface area contributed by atoms with Crippen molar-refractivity contribution in [3.63, 3.8) is 0 Å². The fourth-order valence-electron chi connectivity index (χ4n) is 13.5. The Labute approximate surface area is 373 Å². The van der Waals surface area contributed by atoms with Gasteiger partial charge in [-0.05, 0) is 75.0 Å². The first kappa shape index (κ1) is 49.4. The van der Waals surface area contributed by atoms with Crippen molar-refractivity contribution in [3.8, 4) is 0 Å². The highest BCUT2D eigenvalue weighted by atomic mass is 16.7. The zero-order valence-electron chi connectivity index (χ0n) is 37.5. The summed E-state index contributed by atoms with van der Waals surface area (Å²) in [6.07, 6.45) is -13.9. The Morgan fingerprint density at radius 1 is 0.734 bits per heavy atom. The van der Waals surface area contributed by atoms with Crippen LogP contribution in [0.4, 0.5) is 0 Å². The van der Waals surface area contributed by atoms with Crippen LogP contribution in [0.25, 0.3) is 0 Å². The van der Waals surface area contributed by atoms with Crippen molar-refractivity contribution in [3.05, 3.63) is 11.6 Å². The molecule has 0 aromatic rings. The molecule has 0 aromatic carbocycles. The molecule has 19 heteroatoms. The van der Waals surface area contributed by atoms with Crippen LogP contribution in [-0.2, 0) is 33.2 Å². The third-order valence-electron chi connectivity index (χ3n) is 17.6. The van der Waals surface area contributed by atoms with Crippen LogP contribution in [0.15, 0.2) is 11.6 Å². The van der Waals surface area contributed by atoms with E-state index in [-0.39, 0.29) is 53.8 Å². The van der Waals surface area contributed by atoms with Crippen molar-refractivity contribution in [1.82, 2.24) is 0 Å². The molecule has 4 aliphatic carbocycles. The van der Waals surface area contributed by atoms with Gasteiger partial charge in [0, 0.05) is 30.1 Å². The number of hydrogen-bond donors (Lipinski definition) is 12. The van der Waals surface area contributed by atoms with Gasteiger partial charge in [0.05, 0.1) is 43.7 Å². The van der Waals surface area contributed by atoms with E-state index >= 15 is 0 Å². The standard InChI is InChI=1S/C45H74O19/c1-19(18-58-39-35(53)33(51)31(49)27(16-46)61-39)8-13-45(57)20(2)29-26(64-45)15-44(56)25-7-6-22-14-23(9-11-42(22,4)24(25)10-12-43(29,44)5)60-41-37(55)34(52)38(28(17-47)62-41)63-40-36(54)32(50)30(48)21(3)59-40/h6,19-21,23-41,46-57H,7-18H2,1-5H3. The van der Waals surface area contributed by atoms with E-state index in [1.807, 2.05) is 13.8 Å². The van der Waals surface area contributed by atoms with Gasteiger partial charge in [0.15, 0.2) is 24.7 Å². The van der Waals surface area contributed by atoms with E-state index in [0.717, 1.165) is 19.3 Å². The van der Waals surface area contributed by atoms with Crippen LogP contribution in [0.3, 0.4) is 0 Å². The van der Waals surface area contributed by atoms with Gasteiger partial charge >= 0.3 is 0 Å². The summed E-state index contributed by atoms with van der Waals surface area (Å²) in [7, 11) is 0. The molecule has 0 radical (unpaired) electrons. The number of hydrogen-bond acceptors (Lipinski definition) is 19. The maximum Gasteiger partial charge on any atom is 0.187 e. The third-order valence-corrected chi connectivity index (χ3v) is 17.6. The second kappa shape index (κ2) is 18.4. The summed E-state index contributed by atoms with van der Waals surface area (Å²) in [4.78, 5) is 0. The molecule has 12 N–H and O–H groups in total. The molecule has 3 saturated carbocycles. The van der Waals surface area contributed by atoms with E-state index in [2.05, 4.69) is 19.9 Å². The molecule has 26 unspecified atom stereocenters. The first-order valence-corrected chi connectivity index (χ1v) is 23.5. The second-order valence-corrected chi connectivity index (χ2v) is 21.2. The average molecular weight is 919 g/mol. The van der Waals surface area contributed by atoms with Crippen molar-refractivity contribution in [2.45, 2.75) is 208 Å². The number of ether oxygens (including phenoxy) is 7. The number of rotatable bonds is 12. The highest BCUT2D eigenvalue weighted by Crippen LogP contribution is 2.71. The Hall–Kier alpha value is -1.02. The second-order valence-electron chi connectivity index (χ2n) is 21.2. The molecule has 4 aliphatic heterocycles. The monoisotopic (exact) mass is 918 g/mol. The molecule has 8 rings (SSSR count). The fourth-order valence-corrected chi connectivity index (χ4v) is 13.5. The Morgan fingerprint density at radius 3 is 2.08 bits per heavy atom. The minimum absolute atomic E-state index is 0.0357. The number of aliphatic hydroxyl groups excluding tert-OH is 10. The third kappa shape index (κ3) is 8.16. The normalized spacial score (nSPS) is 55.5. The molecule has 4 heterocycles. The molecule has 26 atom stereocenters. The maximum atomic E-state index is 13.0. The Kier molecular flexibility index (Phi) is 14.2. The van der Waals surface area contributed by atoms with Crippen molar-refractivity contribution >= 4 is 0 Å². The van der Waals surface area contributed by atoms with Gasteiger partial charge in [0.25, 0.3) is 0 Å². The Bertz CT molecular complexity index is 1650. The van der Waals surface area contributed by atoms with E-state index in [9.17, 15) is 61.3 Å². The smallest absolute Gasteiger partial charge is 0.187 e. The van der Waals surface area contributed by atoms with Gasteiger partial charge in [-0.15, -0.1) is 0 Å². The van der Waals surface area contributed by atoms with Crippen LogP contribution in [0.5, 0.6) is 0 Å². The Morgan fingerprint density at radius 2 is 1.38 bits per heavy atom. The molecular weight excluding hydrogens is 844 g/mol. The number of fused-ring (bicyclic) bond motifs is 7. The SMILES string of the molecule is CC(CCC1(O)OC2CC3(O)C4CC=C5CC(OC6OC(CO)C(OC7OC(C)C(O)C(O)C7O)C(O)C6O)CCC5(C)C4CCC3(C)C2C1C)COC1OC(CO)C(O)C(O)C1O. The summed E-state index contributed by atoms with van der Waals surface area (Å²) in [5.74, 6) is -1.74. The largest absolute Gasteiger partial charge is 0.394 e. The summed E-state index contributed by atoms with van der Waals surface area (Å²) in [5.41, 5.74) is -0.562. The van der Waals surface area contributed by atoms with E-state index in [1.54, 1.807) is 0 Å². The first-order chi connectivity index (χ1) is 30.1. The lowest BCUT2D eigenvalue weighted by atomic mass is 9.45. The summed E-state index contributed by atoms with van der Waals surface area (Å²) in [6, 6.07) is 0. The molecule has 7 fully saturated rings. The zero-order chi connectivity index (χ0) is 46.4. The Balaban J connectivity index is 0.869. The molecule has 0 bridgehead atoms. The lowest BCUT2D eigenvalue weighted by molar-refractivity contribution is -0.360. The summed E-state index contributed by atoms with van der Waals surface area (Å²) < 4.78 is 41.4. The zero-order valence-corrected chi connectivity index (χ0v) is 37.5. The number of aliphatic hydroxyl groups is 12. The van der Waals surface area contributed by atoms with Gasteiger partial charge in [-0.25, -0.2) is 0 Å². The minimum atomic E-state index is -1.66.